The molecule has 0 saturated heterocycles. The maximum Gasteiger partial charge on any atom is 0.0468 e. The molecule has 0 bridgehead atoms. The molecule has 0 radical (unpaired) electrons. The van der Waals surface area contributed by atoms with Crippen molar-refractivity contribution in [2.75, 3.05) is 4.90 Å². The van der Waals surface area contributed by atoms with E-state index in [9.17, 15) is 0 Å². The van der Waals surface area contributed by atoms with Crippen molar-refractivity contribution >= 4 is 49.4 Å². The largest absolute Gasteiger partial charge is 0.310 e. The van der Waals surface area contributed by atoms with Gasteiger partial charge in [0.1, 0.15) is 0 Å². The van der Waals surface area contributed by atoms with E-state index in [1.54, 1.807) is 0 Å². The van der Waals surface area contributed by atoms with Crippen molar-refractivity contribution in [1.29, 1.82) is 0 Å². The fraction of sp³-hybridized carbons (Fsp3) is 0. The Hall–Kier alpha value is -6.44. The molecule has 9 aromatic rings. The topological polar surface area (TPSA) is 3.24 Å². The van der Waals surface area contributed by atoms with Crippen LogP contribution >= 0.6 is 0 Å². The minimum Gasteiger partial charge on any atom is -0.310 e. The number of anilines is 3. The van der Waals surface area contributed by atoms with Crippen LogP contribution in [0.25, 0.3) is 65.7 Å². The molecule has 0 unspecified atom stereocenters. The number of benzene rings is 9. The van der Waals surface area contributed by atoms with Crippen LogP contribution in [0.3, 0.4) is 0 Å². The van der Waals surface area contributed by atoms with E-state index in [2.05, 4.69) is 205 Å². The van der Waals surface area contributed by atoms with Gasteiger partial charge in [-0.2, -0.15) is 0 Å². The van der Waals surface area contributed by atoms with Gasteiger partial charge in [0.25, 0.3) is 0 Å². The standard InChI is InChI=1S/C48H33N/c1-2-13-39(14-3-1)48-46-17-9-8-12-37(46)25-31-47(48)38-23-28-44(29-24-38)49(45-30-22-35-11-5-7-16-41(35)33-45)43-26-20-36(21-27-43)42-19-18-34-10-4-6-15-40(34)32-42/h1-33H. The van der Waals surface area contributed by atoms with Gasteiger partial charge in [0, 0.05) is 17.1 Å². The minimum atomic E-state index is 1.11. The van der Waals surface area contributed by atoms with Gasteiger partial charge in [0.15, 0.2) is 0 Å². The fourth-order valence-electron chi connectivity index (χ4n) is 7.15. The van der Waals surface area contributed by atoms with Crippen molar-refractivity contribution in [3.8, 4) is 33.4 Å². The van der Waals surface area contributed by atoms with Crippen LogP contribution in [0.5, 0.6) is 0 Å². The highest BCUT2D eigenvalue weighted by Crippen LogP contribution is 2.41. The second-order valence-corrected chi connectivity index (χ2v) is 12.6. The van der Waals surface area contributed by atoms with E-state index in [0.717, 1.165) is 17.1 Å². The summed E-state index contributed by atoms with van der Waals surface area (Å²) >= 11 is 0. The Labute approximate surface area is 287 Å². The zero-order valence-electron chi connectivity index (χ0n) is 27.0. The molecule has 49 heavy (non-hydrogen) atoms. The van der Waals surface area contributed by atoms with Gasteiger partial charge < -0.3 is 4.90 Å². The highest BCUT2D eigenvalue weighted by atomic mass is 15.1. The lowest BCUT2D eigenvalue weighted by Gasteiger charge is -2.26. The zero-order chi connectivity index (χ0) is 32.6. The average Bonchev–Trinajstić information content (AvgIpc) is 3.18. The molecular formula is C48H33N. The van der Waals surface area contributed by atoms with E-state index in [0.29, 0.717) is 0 Å². The van der Waals surface area contributed by atoms with Crippen molar-refractivity contribution in [3.05, 3.63) is 200 Å². The third-order valence-corrected chi connectivity index (χ3v) is 9.63. The molecule has 0 amide bonds. The van der Waals surface area contributed by atoms with Gasteiger partial charge in [-0.05, 0) is 108 Å². The predicted octanol–water partition coefficient (Wildman–Crippen LogP) is 13.6. The van der Waals surface area contributed by atoms with Crippen molar-refractivity contribution in [3.63, 3.8) is 0 Å². The first-order valence-corrected chi connectivity index (χ1v) is 16.8. The van der Waals surface area contributed by atoms with E-state index >= 15 is 0 Å². The van der Waals surface area contributed by atoms with Crippen LogP contribution in [0.4, 0.5) is 17.1 Å². The van der Waals surface area contributed by atoms with Gasteiger partial charge in [-0.15, -0.1) is 0 Å². The highest BCUT2D eigenvalue weighted by molar-refractivity contribution is 6.04. The van der Waals surface area contributed by atoms with E-state index in [1.807, 2.05) is 0 Å². The monoisotopic (exact) mass is 623 g/mol. The summed E-state index contributed by atoms with van der Waals surface area (Å²) in [5.41, 5.74) is 10.7. The molecule has 0 N–H and O–H groups in total. The van der Waals surface area contributed by atoms with Gasteiger partial charge in [-0.25, -0.2) is 0 Å². The number of hydrogen-bond acceptors (Lipinski definition) is 1. The number of fused-ring (bicyclic) bond motifs is 3. The van der Waals surface area contributed by atoms with Crippen LogP contribution in [0.15, 0.2) is 200 Å². The quantitative estimate of drug-likeness (QED) is 0.178. The van der Waals surface area contributed by atoms with Gasteiger partial charge in [0.2, 0.25) is 0 Å². The molecule has 0 aliphatic heterocycles. The number of nitrogens with zero attached hydrogens (tertiary/aromatic N) is 1. The molecule has 0 atom stereocenters. The van der Waals surface area contributed by atoms with Crippen LogP contribution in [0, 0.1) is 0 Å². The lowest BCUT2D eigenvalue weighted by molar-refractivity contribution is 1.29. The molecule has 0 aliphatic rings. The lowest BCUT2D eigenvalue weighted by atomic mass is 9.90. The Kier molecular flexibility index (Phi) is 7.22. The second kappa shape index (κ2) is 12.3. The molecule has 1 nitrogen and oxygen atoms in total. The Morgan fingerprint density at radius 1 is 0.265 bits per heavy atom. The van der Waals surface area contributed by atoms with Crippen molar-refractivity contribution < 1.29 is 0 Å². The van der Waals surface area contributed by atoms with Gasteiger partial charge in [-0.3, -0.25) is 0 Å². The maximum absolute atomic E-state index is 2.36. The molecule has 0 saturated carbocycles. The Bertz CT molecular complexity index is 2580. The highest BCUT2D eigenvalue weighted by Gasteiger charge is 2.16. The molecule has 0 heterocycles. The van der Waals surface area contributed by atoms with Crippen LogP contribution in [-0.4, -0.2) is 0 Å². The van der Waals surface area contributed by atoms with Crippen LogP contribution in [0.2, 0.25) is 0 Å². The summed E-state index contributed by atoms with van der Waals surface area (Å²) in [7, 11) is 0. The molecule has 9 aromatic carbocycles. The second-order valence-electron chi connectivity index (χ2n) is 12.6. The predicted molar refractivity (Wildman–Crippen MR) is 210 cm³/mol. The first-order valence-electron chi connectivity index (χ1n) is 16.8. The van der Waals surface area contributed by atoms with Gasteiger partial charge in [-0.1, -0.05) is 158 Å². The Morgan fingerprint density at radius 2 is 0.755 bits per heavy atom. The van der Waals surface area contributed by atoms with Crippen molar-refractivity contribution in [2.24, 2.45) is 0 Å². The SMILES string of the molecule is c1ccc(-c2c(-c3ccc(N(c4ccc(-c5ccc6ccccc6c5)cc4)c4ccc5ccccc5c4)cc3)ccc3ccccc23)cc1. The summed E-state index contributed by atoms with van der Waals surface area (Å²) in [5, 5.41) is 7.48. The Balaban J connectivity index is 1.14. The fourth-order valence-corrected chi connectivity index (χ4v) is 7.15. The number of rotatable bonds is 6. The molecule has 9 rings (SSSR count). The molecule has 230 valence electrons. The van der Waals surface area contributed by atoms with Crippen LogP contribution in [0.1, 0.15) is 0 Å². The average molecular weight is 624 g/mol. The summed E-state index contributed by atoms with van der Waals surface area (Å²) < 4.78 is 0. The summed E-state index contributed by atoms with van der Waals surface area (Å²) in [6, 6.07) is 72.5. The molecule has 0 spiro atoms. The normalized spacial score (nSPS) is 11.3. The summed E-state index contributed by atoms with van der Waals surface area (Å²) in [6.07, 6.45) is 0. The molecule has 0 fully saturated rings. The third-order valence-electron chi connectivity index (χ3n) is 9.63. The molecular weight excluding hydrogens is 591 g/mol. The van der Waals surface area contributed by atoms with E-state index in [4.69, 9.17) is 0 Å². The smallest absolute Gasteiger partial charge is 0.0468 e. The van der Waals surface area contributed by atoms with Crippen LogP contribution in [-0.2, 0) is 0 Å². The third kappa shape index (κ3) is 5.42. The van der Waals surface area contributed by atoms with Gasteiger partial charge >= 0.3 is 0 Å². The van der Waals surface area contributed by atoms with Crippen molar-refractivity contribution in [1.82, 2.24) is 0 Å². The first-order chi connectivity index (χ1) is 24.3. The maximum atomic E-state index is 2.36. The first kappa shape index (κ1) is 28.8. The summed E-state index contributed by atoms with van der Waals surface area (Å²) in [6.45, 7) is 0. The van der Waals surface area contributed by atoms with E-state index in [1.165, 1.54) is 65.7 Å². The zero-order valence-corrected chi connectivity index (χ0v) is 27.0. The van der Waals surface area contributed by atoms with Gasteiger partial charge in [0.05, 0.1) is 0 Å². The lowest BCUT2D eigenvalue weighted by Crippen LogP contribution is -2.09. The van der Waals surface area contributed by atoms with E-state index in [-0.39, 0.29) is 0 Å². The Morgan fingerprint density at radius 3 is 1.45 bits per heavy atom. The molecule has 1 heteroatoms. The van der Waals surface area contributed by atoms with Crippen molar-refractivity contribution in [2.45, 2.75) is 0 Å². The summed E-state index contributed by atoms with van der Waals surface area (Å²) in [5.74, 6) is 0. The molecule has 0 aliphatic carbocycles. The minimum absolute atomic E-state index is 1.11. The number of hydrogen-bond donors (Lipinski definition) is 0. The van der Waals surface area contributed by atoms with Crippen LogP contribution < -0.4 is 4.90 Å². The summed E-state index contributed by atoms with van der Waals surface area (Å²) in [4.78, 5) is 2.36. The van der Waals surface area contributed by atoms with E-state index < -0.39 is 0 Å². The molecule has 0 aromatic heterocycles.